The van der Waals surface area contributed by atoms with Crippen LogP contribution in [-0.4, -0.2) is 18.8 Å². The molecule has 72 valence electrons. The molecule has 1 aromatic heterocycles. The Hall–Kier alpha value is -0.250. The fourth-order valence-corrected chi connectivity index (χ4v) is 2.56. The topological polar surface area (TPSA) is 12.0 Å². The number of hydrogen-bond acceptors (Lipinski definition) is 3. The predicted molar refractivity (Wildman–Crippen MR) is 62.7 cm³/mol. The summed E-state index contributed by atoms with van der Waals surface area (Å²) in [4.78, 5) is 0. The SMILES string of the molecule is C=C(CNCC)CSc1cccs1. The first kappa shape index (κ1) is 10.8. The molecule has 1 heterocycles. The smallest absolute Gasteiger partial charge is 0.0601 e. The van der Waals surface area contributed by atoms with Crippen LogP contribution in [0.25, 0.3) is 0 Å². The lowest BCUT2D eigenvalue weighted by atomic mass is 10.3. The summed E-state index contributed by atoms with van der Waals surface area (Å²) in [6.07, 6.45) is 0. The summed E-state index contributed by atoms with van der Waals surface area (Å²) >= 11 is 3.65. The van der Waals surface area contributed by atoms with Gasteiger partial charge in [0.05, 0.1) is 4.21 Å². The lowest BCUT2D eigenvalue weighted by molar-refractivity contribution is 0.779. The third-order valence-corrected chi connectivity index (χ3v) is 3.82. The van der Waals surface area contributed by atoms with Gasteiger partial charge in [-0.05, 0) is 18.0 Å². The lowest BCUT2D eigenvalue weighted by Crippen LogP contribution is -2.16. The minimum atomic E-state index is 0.939. The van der Waals surface area contributed by atoms with Gasteiger partial charge in [-0.3, -0.25) is 0 Å². The first-order chi connectivity index (χ1) is 6.33. The van der Waals surface area contributed by atoms with Crippen molar-refractivity contribution in [3.63, 3.8) is 0 Å². The maximum absolute atomic E-state index is 4.01. The Morgan fingerprint density at radius 3 is 3.15 bits per heavy atom. The van der Waals surface area contributed by atoms with Gasteiger partial charge in [0.1, 0.15) is 0 Å². The molecule has 0 aromatic carbocycles. The van der Waals surface area contributed by atoms with E-state index in [0.29, 0.717) is 0 Å². The first-order valence-electron chi connectivity index (χ1n) is 4.36. The van der Waals surface area contributed by atoms with Gasteiger partial charge in [0.15, 0.2) is 0 Å². The highest BCUT2D eigenvalue weighted by atomic mass is 32.2. The van der Waals surface area contributed by atoms with Gasteiger partial charge in [0.25, 0.3) is 0 Å². The van der Waals surface area contributed by atoms with E-state index < -0.39 is 0 Å². The second kappa shape index (κ2) is 6.24. The van der Waals surface area contributed by atoms with Crippen molar-refractivity contribution in [1.29, 1.82) is 0 Å². The van der Waals surface area contributed by atoms with E-state index in [4.69, 9.17) is 0 Å². The molecule has 1 aromatic rings. The lowest BCUT2D eigenvalue weighted by Gasteiger charge is -2.04. The summed E-state index contributed by atoms with van der Waals surface area (Å²) < 4.78 is 1.37. The molecule has 0 saturated carbocycles. The molecule has 13 heavy (non-hydrogen) atoms. The van der Waals surface area contributed by atoms with Crippen molar-refractivity contribution in [1.82, 2.24) is 5.32 Å². The van der Waals surface area contributed by atoms with Crippen molar-refractivity contribution in [2.75, 3.05) is 18.8 Å². The number of nitrogens with one attached hydrogen (secondary N) is 1. The highest BCUT2D eigenvalue weighted by Gasteiger charge is 1.97. The molecule has 3 heteroatoms. The summed E-state index contributed by atoms with van der Waals surface area (Å²) in [5, 5.41) is 5.38. The Labute approximate surface area is 88.2 Å². The van der Waals surface area contributed by atoms with Gasteiger partial charge in [0, 0.05) is 12.3 Å². The zero-order valence-corrected chi connectivity index (χ0v) is 9.51. The van der Waals surface area contributed by atoms with Crippen LogP contribution in [0.1, 0.15) is 6.92 Å². The third-order valence-electron chi connectivity index (χ3n) is 1.54. The molecule has 1 N–H and O–H groups in total. The van der Waals surface area contributed by atoms with Crippen molar-refractivity contribution < 1.29 is 0 Å². The van der Waals surface area contributed by atoms with Crippen molar-refractivity contribution >= 4 is 23.1 Å². The fraction of sp³-hybridized carbons (Fsp3) is 0.400. The Morgan fingerprint density at radius 2 is 2.54 bits per heavy atom. The Bertz CT molecular complexity index is 241. The second-order valence-electron chi connectivity index (χ2n) is 2.75. The van der Waals surface area contributed by atoms with Crippen LogP contribution in [0.3, 0.4) is 0 Å². The summed E-state index contributed by atoms with van der Waals surface area (Å²) in [6.45, 7) is 8.08. The molecule has 0 amide bonds. The van der Waals surface area contributed by atoms with Crippen LogP contribution in [-0.2, 0) is 0 Å². The first-order valence-corrected chi connectivity index (χ1v) is 6.23. The summed E-state index contributed by atoms with van der Waals surface area (Å²) in [5.41, 5.74) is 1.26. The molecule has 0 aliphatic rings. The number of thioether (sulfide) groups is 1. The number of likely N-dealkylation sites (N-methyl/N-ethyl adjacent to an activating group) is 1. The van der Waals surface area contributed by atoms with Crippen LogP contribution < -0.4 is 5.32 Å². The molecule has 1 nitrogen and oxygen atoms in total. The number of hydrogen-bond donors (Lipinski definition) is 1. The molecule has 0 atom stereocenters. The monoisotopic (exact) mass is 213 g/mol. The minimum Gasteiger partial charge on any atom is -0.313 e. The largest absolute Gasteiger partial charge is 0.313 e. The molecule has 0 aliphatic heterocycles. The van der Waals surface area contributed by atoms with Gasteiger partial charge in [-0.2, -0.15) is 0 Å². The highest BCUT2D eigenvalue weighted by Crippen LogP contribution is 2.24. The van der Waals surface area contributed by atoms with E-state index in [2.05, 4.69) is 36.3 Å². The van der Waals surface area contributed by atoms with Crippen LogP contribution >= 0.6 is 23.1 Å². The second-order valence-corrected chi connectivity index (χ2v) is 4.97. The molecule has 0 fully saturated rings. The quantitative estimate of drug-likeness (QED) is 0.576. The van der Waals surface area contributed by atoms with Crippen molar-refractivity contribution in [3.05, 3.63) is 29.7 Å². The van der Waals surface area contributed by atoms with E-state index in [1.165, 1.54) is 9.78 Å². The average Bonchev–Trinajstić information content (AvgIpc) is 2.64. The molecule has 0 radical (unpaired) electrons. The maximum Gasteiger partial charge on any atom is 0.0601 e. The predicted octanol–water partition coefficient (Wildman–Crippen LogP) is 3.01. The summed E-state index contributed by atoms with van der Waals surface area (Å²) in [6, 6.07) is 4.23. The molecular formula is C10H15NS2. The molecule has 0 saturated heterocycles. The van der Waals surface area contributed by atoms with Gasteiger partial charge in [-0.15, -0.1) is 23.1 Å². The van der Waals surface area contributed by atoms with Crippen LogP contribution in [0.5, 0.6) is 0 Å². The fourth-order valence-electron chi connectivity index (χ4n) is 0.872. The molecular weight excluding hydrogens is 198 g/mol. The van der Waals surface area contributed by atoms with Gasteiger partial charge in [-0.1, -0.05) is 25.1 Å². The molecule has 1 rings (SSSR count). The zero-order valence-electron chi connectivity index (χ0n) is 7.88. The molecule has 0 aliphatic carbocycles. The maximum atomic E-state index is 4.01. The normalized spacial score (nSPS) is 10.2. The Kier molecular flexibility index (Phi) is 5.20. The van der Waals surface area contributed by atoms with Crippen molar-refractivity contribution in [3.8, 4) is 0 Å². The van der Waals surface area contributed by atoms with Crippen LogP contribution in [0.2, 0.25) is 0 Å². The number of thiophene rings is 1. The molecule has 0 spiro atoms. The van der Waals surface area contributed by atoms with Gasteiger partial charge in [-0.25, -0.2) is 0 Å². The van der Waals surface area contributed by atoms with Crippen molar-refractivity contribution in [2.45, 2.75) is 11.1 Å². The van der Waals surface area contributed by atoms with Gasteiger partial charge in [0.2, 0.25) is 0 Å². The van der Waals surface area contributed by atoms with Gasteiger partial charge < -0.3 is 5.32 Å². The van der Waals surface area contributed by atoms with Crippen LogP contribution in [0.15, 0.2) is 33.9 Å². The number of rotatable bonds is 6. The highest BCUT2D eigenvalue weighted by molar-refractivity contribution is 8.01. The van der Waals surface area contributed by atoms with E-state index in [1.807, 2.05) is 11.8 Å². The minimum absolute atomic E-state index is 0.939. The van der Waals surface area contributed by atoms with E-state index in [0.717, 1.165) is 18.8 Å². The zero-order chi connectivity index (χ0) is 9.52. The average molecular weight is 213 g/mol. The third kappa shape index (κ3) is 4.50. The van der Waals surface area contributed by atoms with Crippen LogP contribution in [0.4, 0.5) is 0 Å². The standard InChI is InChI=1S/C10H15NS2/c1-3-11-7-9(2)8-13-10-5-4-6-12-10/h4-6,11H,2-3,7-8H2,1H3. The van der Waals surface area contributed by atoms with E-state index in [9.17, 15) is 0 Å². The Morgan fingerprint density at radius 1 is 1.69 bits per heavy atom. The summed E-state index contributed by atoms with van der Waals surface area (Å²) in [5.74, 6) is 1.02. The van der Waals surface area contributed by atoms with Gasteiger partial charge >= 0.3 is 0 Å². The summed E-state index contributed by atoms with van der Waals surface area (Å²) in [7, 11) is 0. The van der Waals surface area contributed by atoms with Crippen molar-refractivity contribution in [2.24, 2.45) is 0 Å². The van der Waals surface area contributed by atoms with E-state index in [-0.39, 0.29) is 0 Å². The molecule has 0 unspecified atom stereocenters. The Balaban J connectivity index is 2.15. The van der Waals surface area contributed by atoms with E-state index >= 15 is 0 Å². The van der Waals surface area contributed by atoms with Crippen LogP contribution in [0, 0.1) is 0 Å². The molecule has 0 bridgehead atoms. The van der Waals surface area contributed by atoms with E-state index in [1.54, 1.807) is 11.3 Å².